The molecule has 2 rings (SSSR count). The highest BCUT2D eigenvalue weighted by molar-refractivity contribution is 5.83. The van der Waals surface area contributed by atoms with Gasteiger partial charge in [-0.2, -0.15) is 5.10 Å². The Morgan fingerprint density at radius 2 is 1.92 bits per heavy atom. The van der Waals surface area contributed by atoms with Crippen molar-refractivity contribution in [1.29, 1.82) is 0 Å². The van der Waals surface area contributed by atoms with Crippen molar-refractivity contribution in [2.75, 3.05) is 13.2 Å². The van der Waals surface area contributed by atoms with Gasteiger partial charge in [0.25, 0.3) is 5.91 Å². The van der Waals surface area contributed by atoms with Gasteiger partial charge in [0, 0.05) is 0 Å². The molecule has 0 atom stereocenters. The van der Waals surface area contributed by atoms with Crippen LogP contribution >= 0.6 is 0 Å². The van der Waals surface area contributed by atoms with Crippen LogP contribution in [0.3, 0.4) is 0 Å². The molecule has 2 aromatic carbocycles. The van der Waals surface area contributed by atoms with Gasteiger partial charge in [-0.25, -0.2) is 5.43 Å². The molecule has 0 spiro atoms. The number of nitrogens with zero attached hydrogens (tertiary/aromatic N) is 1. The molecule has 0 saturated heterocycles. The van der Waals surface area contributed by atoms with Crippen LogP contribution in [0.15, 0.2) is 53.6 Å². The quantitative estimate of drug-likeness (QED) is 0.430. The SMILES string of the molecule is CCCCOc1ccc(/C=N\NC(=O)COc2cccc(C)c2)cc1. The van der Waals surface area contributed by atoms with Gasteiger partial charge in [-0.15, -0.1) is 0 Å². The van der Waals surface area contributed by atoms with E-state index < -0.39 is 0 Å². The third-order valence-electron chi connectivity index (χ3n) is 3.41. The van der Waals surface area contributed by atoms with E-state index in [1.165, 1.54) is 0 Å². The fraction of sp³-hybridized carbons (Fsp3) is 0.300. The molecular weight excluding hydrogens is 316 g/mol. The molecule has 0 unspecified atom stereocenters. The summed E-state index contributed by atoms with van der Waals surface area (Å²) in [5.74, 6) is 1.19. The fourth-order valence-electron chi connectivity index (χ4n) is 2.05. The van der Waals surface area contributed by atoms with E-state index >= 15 is 0 Å². The molecule has 5 nitrogen and oxygen atoms in total. The number of carbonyl (C=O) groups is 1. The topological polar surface area (TPSA) is 59.9 Å². The summed E-state index contributed by atoms with van der Waals surface area (Å²) >= 11 is 0. The van der Waals surface area contributed by atoms with E-state index in [0.29, 0.717) is 5.75 Å². The number of carbonyl (C=O) groups excluding carboxylic acids is 1. The molecule has 5 heteroatoms. The predicted octanol–water partition coefficient (Wildman–Crippen LogP) is 3.70. The van der Waals surface area contributed by atoms with Gasteiger partial charge in [0.2, 0.25) is 0 Å². The number of hydrogen-bond acceptors (Lipinski definition) is 4. The van der Waals surface area contributed by atoms with E-state index in [4.69, 9.17) is 9.47 Å². The summed E-state index contributed by atoms with van der Waals surface area (Å²) in [7, 11) is 0. The number of rotatable bonds is 9. The zero-order valence-electron chi connectivity index (χ0n) is 14.7. The van der Waals surface area contributed by atoms with Gasteiger partial charge >= 0.3 is 0 Å². The lowest BCUT2D eigenvalue weighted by molar-refractivity contribution is -0.123. The third kappa shape index (κ3) is 7.08. The van der Waals surface area contributed by atoms with Gasteiger partial charge in [0.05, 0.1) is 12.8 Å². The van der Waals surface area contributed by atoms with Gasteiger partial charge < -0.3 is 9.47 Å². The Morgan fingerprint density at radius 1 is 1.12 bits per heavy atom. The van der Waals surface area contributed by atoms with E-state index in [9.17, 15) is 4.79 Å². The Balaban J connectivity index is 1.73. The highest BCUT2D eigenvalue weighted by Crippen LogP contribution is 2.12. The normalized spacial score (nSPS) is 10.6. The second-order valence-corrected chi connectivity index (χ2v) is 5.67. The number of amides is 1. The van der Waals surface area contributed by atoms with Crippen molar-refractivity contribution >= 4 is 12.1 Å². The zero-order valence-corrected chi connectivity index (χ0v) is 14.7. The smallest absolute Gasteiger partial charge is 0.277 e. The van der Waals surface area contributed by atoms with Gasteiger partial charge in [0.15, 0.2) is 6.61 Å². The molecule has 0 radical (unpaired) electrons. The third-order valence-corrected chi connectivity index (χ3v) is 3.41. The van der Waals surface area contributed by atoms with Crippen molar-refractivity contribution in [3.63, 3.8) is 0 Å². The summed E-state index contributed by atoms with van der Waals surface area (Å²) in [4.78, 5) is 11.7. The zero-order chi connectivity index (χ0) is 17.9. The highest BCUT2D eigenvalue weighted by Gasteiger charge is 2.01. The molecule has 0 aliphatic carbocycles. The fourth-order valence-corrected chi connectivity index (χ4v) is 2.05. The number of nitrogens with one attached hydrogen (secondary N) is 1. The number of hydrazone groups is 1. The molecule has 1 N–H and O–H groups in total. The first-order valence-electron chi connectivity index (χ1n) is 8.41. The second kappa shape index (κ2) is 10.1. The van der Waals surface area contributed by atoms with E-state index in [-0.39, 0.29) is 12.5 Å². The van der Waals surface area contributed by atoms with Crippen LogP contribution in [0.25, 0.3) is 0 Å². The first-order chi connectivity index (χ1) is 12.2. The Kier molecular flexibility index (Phi) is 7.50. The van der Waals surface area contributed by atoms with E-state index in [2.05, 4.69) is 17.5 Å². The van der Waals surface area contributed by atoms with Crippen LogP contribution in [-0.2, 0) is 4.79 Å². The molecule has 0 aliphatic heterocycles. The minimum atomic E-state index is -0.308. The van der Waals surface area contributed by atoms with Crippen LogP contribution in [0.1, 0.15) is 30.9 Å². The number of unbranched alkanes of at least 4 members (excludes halogenated alkanes) is 1. The van der Waals surface area contributed by atoms with Crippen molar-refractivity contribution in [2.24, 2.45) is 5.10 Å². The number of aryl methyl sites for hydroxylation is 1. The summed E-state index contributed by atoms with van der Waals surface area (Å²) in [5, 5.41) is 3.93. The minimum absolute atomic E-state index is 0.0784. The number of benzene rings is 2. The molecule has 132 valence electrons. The van der Waals surface area contributed by atoms with Gasteiger partial charge in [-0.05, 0) is 60.9 Å². The Hall–Kier alpha value is -2.82. The maximum atomic E-state index is 11.7. The first kappa shape index (κ1) is 18.5. The van der Waals surface area contributed by atoms with E-state index in [1.807, 2.05) is 55.5 Å². The lowest BCUT2D eigenvalue weighted by Gasteiger charge is -2.06. The minimum Gasteiger partial charge on any atom is -0.494 e. The molecule has 0 saturated carbocycles. The van der Waals surface area contributed by atoms with Crippen molar-refractivity contribution in [3.8, 4) is 11.5 Å². The summed E-state index contributed by atoms with van der Waals surface area (Å²) in [6.07, 6.45) is 3.73. The molecule has 0 aliphatic rings. The average Bonchev–Trinajstić information content (AvgIpc) is 2.62. The summed E-state index contributed by atoms with van der Waals surface area (Å²) in [6.45, 7) is 4.74. The van der Waals surface area contributed by atoms with Crippen LogP contribution in [0.5, 0.6) is 11.5 Å². The first-order valence-corrected chi connectivity index (χ1v) is 8.41. The Bertz CT molecular complexity index is 696. The number of ether oxygens (including phenoxy) is 2. The average molecular weight is 340 g/mol. The lowest BCUT2D eigenvalue weighted by atomic mass is 10.2. The maximum absolute atomic E-state index is 11.7. The largest absolute Gasteiger partial charge is 0.494 e. The Labute approximate surface area is 148 Å². The van der Waals surface area contributed by atoms with Crippen molar-refractivity contribution in [1.82, 2.24) is 5.43 Å². The van der Waals surface area contributed by atoms with Crippen LogP contribution < -0.4 is 14.9 Å². The van der Waals surface area contributed by atoms with Gasteiger partial charge in [-0.3, -0.25) is 4.79 Å². The molecule has 0 bridgehead atoms. The summed E-state index contributed by atoms with van der Waals surface area (Å²) in [5.41, 5.74) is 4.41. The molecule has 1 amide bonds. The summed E-state index contributed by atoms with van der Waals surface area (Å²) in [6, 6.07) is 15.1. The molecule has 2 aromatic rings. The highest BCUT2D eigenvalue weighted by atomic mass is 16.5. The van der Waals surface area contributed by atoms with Gasteiger partial charge in [-0.1, -0.05) is 25.5 Å². The van der Waals surface area contributed by atoms with Gasteiger partial charge in [0.1, 0.15) is 11.5 Å². The molecule has 0 aromatic heterocycles. The monoisotopic (exact) mass is 340 g/mol. The molecule has 25 heavy (non-hydrogen) atoms. The van der Waals surface area contributed by atoms with Crippen LogP contribution in [0.4, 0.5) is 0 Å². The van der Waals surface area contributed by atoms with E-state index in [0.717, 1.165) is 36.3 Å². The Morgan fingerprint density at radius 3 is 2.64 bits per heavy atom. The van der Waals surface area contributed by atoms with Crippen LogP contribution in [0, 0.1) is 6.92 Å². The molecule has 0 heterocycles. The van der Waals surface area contributed by atoms with Crippen molar-refractivity contribution in [3.05, 3.63) is 59.7 Å². The predicted molar refractivity (Wildman–Crippen MR) is 99.3 cm³/mol. The standard InChI is InChI=1S/C20H24N2O3/c1-3-4-12-24-18-10-8-17(9-11-18)14-21-22-20(23)15-25-19-7-5-6-16(2)13-19/h5-11,13-14H,3-4,12,15H2,1-2H3,(H,22,23)/b21-14-. The molecular formula is C20H24N2O3. The van der Waals surface area contributed by atoms with Crippen molar-refractivity contribution < 1.29 is 14.3 Å². The number of hydrogen-bond donors (Lipinski definition) is 1. The van der Waals surface area contributed by atoms with Crippen LogP contribution in [0.2, 0.25) is 0 Å². The van der Waals surface area contributed by atoms with Crippen molar-refractivity contribution in [2.45, 2.75) is 26.7 Å². The second-order valence-electron chi connectivity index (χ2n) is 5.67. The summed E-state index contributed by atoms with van der Waals surface area (Å²) < 4.78 is 11.0. The van der Waals surface area contributed by atoms with Crippen LogP contribution in [-0.4, -0.2) is 25.3 Å². The molecule has 0 fully saturated rings. The lowest BCUT2D eigenvalue weighted by Crippen LogP contribution is -2.24. The van der Waals surface area contributed by atoms with E-state index in [1.54, 1.807) is 6.21 Å². The maximum Gasteiger partial charge on any atom is 0.277 e.